The first kappa shape index (κ1) is 18.8. The number of unbranched alkanes of at least 4 members (excludes halogenated alkanes) is 1. The van der Waals surface area contributed by atoms with Crippen LogP contribution >= 0.6 is 11.6 Å². The molecule has 0 spiro atoms. The van der Waals surface area contributed by atoms with Crippen LogP contribution in [0.3, 0.4) is 0 Å². The molecule has 0 bridgehead atoms. The van der Waals surface area contributed by atoms with Gasteiger partial charge in [-0.05, 0) is 51.0 Å². The first-order chi connectivity index (χ1) is 10.5. The molecule has 0 fully saturated rings. The highest BCUT2D eigenvalue weighted by Crippen LogP contribution is 2.20. The van der Waals surface area contributed by atoms with Gasteiger partial charge in [0.15, 0.2) is 5.60 Å². The molecule has 0 saturated heterocycles. The minimum absolute atomic E-state index is 0.143. The predicted molar refractivity (Wildman–Crippen MR) is 89.5 cm³/mol. The highest BCUT2D eigenvalue weighted by Gasteiger charge is 2.29. The summed E-state index contributed by atoms with van der Waals surface area (Å²) in [6.45, 7) is 7.66. The zero-order valence-electron chi connectivity index (χ0n) is 13.7. The number of nitrogens with one attached hydrogen (secondary N) is 1. The zero-order valence-corrected chi connectivity index (χ0v) is 14.4. The molecule has 0 aliphatic heterocycles. The van der Waals surface area contributed by atoms with Crippen LogP contribution in [-0.2, 0) is 9.53 Å². The van der Waals surface area contributed by atoms with Crippen molar-refractivity contribution in [1.82, 2.24) is 5.32 Å². The SMILES string of the molecule is CCCCOCCCNC(=O)C(C)(C)Oc1ccc(Cl)cc1. The van der Waals surface area contributed by atoms with E-state index in [1.165, 1.54) is 0 Å². The van der Waals surface area contributed by atoms with Crippen LogP contribution in [-0.4, -0.2) is 31.3 Å². The molecule has 0 saturated carbocycles. The van der Waals surface area contributed by atoms with Gasteiger partial charge in [-0.2, -0.15) is 0 Å². The summed E-state index contributed by atoms with van der Waals surface area (Å²) in [5.74, 6) is 0.475. The predicted octanol–water partition coefficient (Wildman–Crippen LogP) is 3.82. The lowest BCUT2D eigenvalue weighted by Crippen LogP contribution is -2.46. The number of carbonyl (C=O) groups excluding carboxylic acids is 1. The minimum Gasteiger partial charge on any atom is -0.478 e. The van der Waals surface area contributed by atoms with E-state index in [0.717, 1.165) is 25.9 Å². The Morgan fingerprint density at radius 2 is 1.82 bits per heavy atom. The van der Waals surface area contributed by atoms with Gasteiger partial charge in [0.1, 0.15) is 5.75 Å². The molecular formula is C17H26ClNO3. The third-order valence-electron chi connectivity index (χ3n) is 3.13. The Balaban J connectivity index is 2.29. The lowest BCUT2D eigenvalue weighted by Gasteiger charge is -2.25. The van der Waals surface area contributed by atoms with Gasteiger partial charge >= 0.3 is 0 Å². The smallest absolute Gasteiger partial charge is 0.263 e. The molecule has 1 aromatic rings. The molecule has 5 heteroatoms. The van der Waals surface area contributed by atoms with Crippen molar-refractivity contribution in [3.05, 3.63) is 29.3 Å². The molecule has 0 aromatic heterocycles. The number of halogens is 1. The number of benzene rings is 1. The third-order valence-corrected chi connectivity index (χ3v) is 3.38. The van der Waals surface area contributed by atoms with E-state index in [9.17, 15) is 4.79 Å². The molecule has 124 valence electrons. The number of carbonyl (C=O) groups is 1. The van der Waals surface area contributed by atoms with Gasteiger partial charge in [-0.3, -0.25) is 4.79 Å². The number of rotatable bonds is 10. The summed E-state index contributed by atoms with van der Waals surface area (Å²) < 4.78 is 11.2. The summed E-state index contributed by atoms with van der Waals surface area (Å²) in [5.41, 5.74) is -0.934. The Morgan fingerprint density at radius 1 is 1.18 bits per heavy atom. The van der Waals surface area contributed by atoms with Crippen LogP contribution in [0, 0.1) is 0 Å². The zero-order chi connectivity index (χ0) is 16.4. The van der Waals surface area contributed by atoms with E-state index < -0.39 is 5.60 Å². The molecule has 0 atom stereocenters. The molecule has 22 heavy (non-hydrogen) atoms. The van der Waals surface area contributed by atoms with Gasteiger partial charge < -0.3 is 14.8 Å². The van der Waals surface area contributed by atoms with E-state index in [-0.39, 0.29) is 5.91 Å². The van der Waals surface area contributed by atoms with Crippen LogP contribution in [0.1, 0.15) is 40.0 Å². The maximum Gasteiger partial charge on any atom is 0.263 e. The van der Waals surface area contributed by atoms with E-state index in [1.807, 2.05) is 0 Å². The first-order valence-corrected chi connectivity index (χ1v) is 8.14. The Kier molecular flexibility index (Phi) is 8.28. The highest BCUT2D eigenvalue weighted by atomic mass is 35.5. The largest absolute Gasteiger partial charge is 0.478 e. The number of ether oxygens (including phenoxy) is 2. The van der Waals surface area contributed by atoms with Crippen LogP contribution in [0.4, 0.5) is 0 Å². The fourth-order valence-electron chi connectivity index (χ4n) is 1.78. The van der Waals surface area contributed by atoms with Crippen molar-refractivity contribution >= 4 is 17.5 Å². The maximum atomic E-state index is 12.2. The van der Waals surface area contributed by atoms with Crippen molar-refractivity contribution in [2.24, 2.45) is 0 Å². The maximum absolute atomic E-state index is 12.2. The number of amides is 1. The van der Waals surface area contributed by atoms with E-state index in [2.05, 4.69) is 12.2 Å². The molecule has 1 aromatic carbocycles. The van der Waals surface area contributed by atoms with Crippen LogP contribution in [0.25, 0.3) is 0 Å². The summed E-state index contributed by atoms with van der Waals surface area (Å²) in [6.07, 6.45) is 3.01. The van der Waals surface area contributed by atoms with Gasteiger partial charge in [-0.15, -0.1) is 0 Å². The molecule has 0 aliphatic rings. The molecule has 4 nitrogen and oxygen atoms in total. The third kappa shape index (κ3) is 7.14. The monoisotopic (exact) mass is 327 g/mol. The number of hydrogen-bond donors (Lipinski definition) is 1. The number of hydrogen-bond acceptors (Lipinski definition) is 3. The second-order valence-corrected chi connectivity index (χ2v) is 6.08. The summed E-state index contributed by atoms with van der Waals surface area (Å²) in [7, 11) is 0. The summed E-state index contributed by atoms with van der Waals surface area (Å²) in [6, 6.07) is 6.97. The Morgan fingerprint density at radius 3 is 2.45 bits per heavy atom. The second kappa shape index (κ2) is 9.70. The molecule has 0 radical (unpaired) electrons. The van der Waals surface area contributed by atoms with Gasteiger partial charge in [0.25, 0.3) is 5.91 Å². The van der Waals surface area contributed by atoms with Crippen molar-refractivity contribution in [2.45, 2.75) is 45.6 Å². The van der Waals surface area contributed by atoms with Gasteiger partial charge in [-0.25, -0.2) is 0 Å². The Labute approximate surface area is 138 Å². The quantitative estimate of drug-likeness (QED) is 0.664. The molecular weight excluding hydrogens is 302 g/mol. The van der Waals surface area contributed by atoms with Crippen molar-refractivity contribution in [3.63, 3.8) is 0 Å². The van der Waals surface area contributed by atoms with E-state index >= 15 is 0 Å². The van der Waals surface area contributed by atoms with Crippen LogP contribution in [0.2, 0.25) is 5.02 Å². The molecule has 1 rings (SSSR count). The normalized spacial score (nSPS) is 11.3. The van der Waals surface area contributed by atoms with Gasteiger partial charge in [-0.1, -0.05) is 24.9 Å². The molecule has 1 amide bonds. The van der Waals surface area contributed by atoms with Crippen molar-refractivity contribution in [3.8, 4) is 5.75 Å². The van der Waals surface area contributed by atoms with Crippen LogP contribution < -0.4 is 10.1 Å². The first-order valence-electron chi connectivity index (χ1n) is 7.76. The van der Waals surface area contributed by atoms with Crippen molar-refractivity contribution in [1.29, 1.82) is 0 Å². The fourth-order valence-corrected chi connectivity index (χ4v) is 1.91. The highest BCUT2D eigenvalue weighted by molar-refractivity contribution is 6.30. The summed E-state index contributed by atoms with van der Waals surface area (Å²) >= 11 is 5.83. The second-order valence-electron chi connectivity index (χ2n) is 5.64. The van der Waals surface area contributed by atoms with Gasteiger partial charge in [0.05, 0.1) is 0 Å². The van der Waals surface area contributed by atoms with Crippen LogP contribution in [0.15, 0.2) is 24.3 Å². The summed E-state index contributed by atoms with van der Waals surface area (Å²) in [4.78, 5) is 12.2. The Hall–Kier alpha value is -1.26. The van der Waals surface area contributed by atoms with Crippen molar-refractivity contribution in [2.75, 3.05) is 19.8 Å². The molecule has 0 heterocycles. The fraction of sp³-hybridized carbons (Fsp3) is 0.588. The summed E-state index contributed by atoms with van der Waals surface area (Å²) in [5, 5.41) is 3.51. The van der Waals surface area contributed by atoms with E-state index in [0.29, 0.717) is 23.9 Å². The van der Waals surface area contributed by atoms with Gasteiger partial charge in [0.2, 0.25) is 0 Å². The lowest BCUT2D eigenvalue weighted by atomic mass is 10.1. The van der Waals surface area contributed by atoms with E-state index in [4.69, 9.17) is 21.1 Å². The van der Waals surface area contributed by atoms with E-state index in [1.54, 1.807) is 38.1 Å². The topological polar surface area (TPSA) is 47.6 Å². The molecule has 0 unspecified atom stereocenters. The van der Waals surface area contributed by atoms with Crippen LogP contribution in [0.5, 0.6) is 5.75 Å². The van der Waals surface area contributed by atoms with Crippen molar-refractivity contribution < 1.29 is 14.3 Å². The average molecular weight is 328 g/mol. The standard InChI is InChI=1S/C17H26ClNO3/c1-4-5-12-21-13-6-11-19-16(20)17(2,3)22-15-9-7-14(18)8-10-15/h7-10H,4-6,11-13H2,1-3H3,(H,19,20). The minimum atomic E-state index is -0.934. The lowest BCUT2D eigenvalue weighted by molar-refractivity contribution is -0.134. The average Bonchev–Trinajstić information content (AvgIpc) is 2.48. The van der Waals surface area contributed by atoms with Gasteiger partial charge in [0, 0.05) is 24.8 Å². The Bertz CT molecular complexity index is 446. The molecule has 0 aliphatic carbocycles. The molecule has 1 N–H and O–H groups in total.